The van der Waals surface area contributed by atoms with Crippen LogP contribution in [0.2, 0.25) is 0 Å². The number of methoxy groups -OCH3 is 2. The minimum absolute atomic E-state index is 0.109. The number of hydrogen-bond acceptors (Lipinski definition) is 4. The fraction of sp³-hybridized carbons (Fsp3) is 0.227. The highest BCUT2D eigenvalue weighted by molar-refractivity contribution is 5.91. The summed E-state index contributed by atoms with van der Waals surface area (Å²) in [6.45, 7) is 4.05. The summed E-state index contributed by atoms with van der Waals surface area (Å²) < 4.78 is 10.6. The van der Waals surface area contributed by atoms with Gasteiger partial charge in [-0.2, -0.15) is 0 Å². The van der Waals surface area contributed by atoms with Gasteiger partial charge in [-0.3, -0.25) is 0 Å². The highest BCUT2D eigenvalue weighted by Gasteiger charge is 2.11. The van der Waals surface area contributed by atoms with Gasteiger partial charge in [0.1, 0.15) is 22.8 Å². The Balaban J connectivity index is 2.45. The number of carboxylic acid groups (broad SMARTS) is 1. The molecule has 0 saturated carbocycles. The second kappa shape index (κ2) is 8.94. The van der Waals surface area contributed by atoms with Crippen molar-refractivity contribution in [3.63, 3.8) is 0 Å². The highest BCUT2D eigenvalue weighted by atomic mass is 16.5. The van der Waals surface area contributed by atoms with Gasteiger partial charge in [-0.25, -0.2) is 4.79 Å². The Kier molecular flexibility index (Phi) is 6.66. The molecule has 142 valence electrons. The van der Waals surface area contributed by atoms with E-state index in [1.807, 2.05) is 26.0 Å². The van der Waals surface area contributed by atoms with Gasteiger partial charge in [0.15, 0.2) is 0 Å². The molecule has 0 amide bonds. The number of rotatable bonds is 7. The maximum absolute atomic E-state index is 11.2. The van der Waals surface area contributed by atoms with Gasteiger partial charge in [-0.05, 0) is 49.6 Å². The molecule has 0 aromatic heterocycles. The summed E-state index contributed by atoms with van der Waals surface area (Å²) >= 11 is 0. The van der Waals surface area contributed by atoms with E-state index in [2.05, 4.69) is 6.08 Å². The normalized spacial score (nSPS) is 10.7. The Bertz CT molecular complexity index is 890. The first-order chi connectivity index (χ1) is 12.8. The molecular weight excluding hydrogens is 344 g/mol. The van der Waals surface area contributed by atoms with Gasteiger partial charge in [0.25, 0.3) is 0 Å². The molecule has 27 heavy (non-hydrogen) atoms. The van der Waals surface area contributed by atoms with Crippen molar-refractivity contribution in [2.45, 2.75) is 20.3 Å². The van der Waals surface area contributed by atoms with Crippen molar-refractivity contribution in [2.75, 3.05) is 14.2 Å². The quantitative estimate of drug-likeness (QED) is 0.543. The average Bonchev–Trinajstić information content (AvgIpc) is 2.64. The first-order valence-corrected chi connectivity index (χ1v) is 8.48. The van der Waals surface area contributed by atoms with Crippen LogP contribution in [-0.4, -0.2) is 30.4 Å². The lowest BCUT2D eigenvalue weighted by Crippen LogP contribution is -2.00. The molecule has 0 unspecified atom stereocenters. The summed E-state index contributed by atoms with van der Waals surface area (Å²) in [6.07, 6.45) is 6.48. The first kappa shape index (κ1) is 20.1. The number of phenols is 1. The number of carbonyl (C=O) groups is 1. The Morgan fingerprint density at radius 3 is 2.33 bits per heavy atom. The van der Waals surface area contributed by atoms with Crippen LogP contribution in [0, 0.1) is 0 Å². The molecule has 2 rings (SSSR count). The summed E-state index contributed by atoms with van der Waals surface area (Å²) in [7, 11) is 3.01. The van der Waals surface area contributed by atoms with Crippen LogP contribution < -0.4 is 9.47 Å². The second-order valence-corrected chi connectivity index (χ2v) is 6.30. The summed E-state index contributed by atoms with van der Waals surface area (Å²) in [6, 6.07) is 8.15. The first-order valence-electron chi connectivity index (χ1n) is 8.48. The van der Waals surface area contributed by atoms with Gasteiger partial charge in [0.05, 0.1) is 14.2 Å². The molecule has 0 bridgehead atoms. The van der Waals surface area contributed by atoms with Gasteiger partial charge < -0.3 is 19.7 Å². The molecule has 0 spiro atoms. The van der Waals surface area contributed by atoms with Crippen LogP contribution in [0.5, 0.6) is 17.2 Å². The fourth-order valence-electron chi connectivity index (χ4n) is 2.68. The van der Waals surface area contributed by atoms with Gasteiger partial charge in [-0.15, -0.1) is 0 Å². The van der Waals surface area contributed by atoms with Crippen LogP contribution in [-0.2, 0) is 6.42 Å². The lowest BCUT2D eigenvalue weighted by atomic mass is 10.00. The molecule has 0 aliphatic heterocycles. The zero-order chi connectivity index (χ0) is 20.0. The molecule has 0 heterocycles. The van der Waals surface area contributed by atoms with E-state index in [9.17, 15) is 15.0 Å². The topological polar surface area (TPSA) is 76.0 Å². The number of phenolic OH excluding ortho intramolecular Hbond substituents is 1. The van der Waals surface area contributed by atoms with Crippen LogP contribution in [0.25, 0.3) is 12.2 Å². The molecule has 0 aliphatic rings. The minimum atomic E-state index is -1.04. The van der Waals surface area contributed by atoms with Crippen molar-refractivity contribution in [3.05, 3.63) is 64.2 Å². The van der Waals surface area contributed by atoms with Crippen molar-refractivity contribution < 1.29 is 24.5 Å². The third-order valence-electron chi connectivity index (χ3n) is 4.07. The number of aromatic hydroxyl groups is 1. The largest absolute Gasteiger partial charge is 0.508 e. The van der Waals surface area contributed by atoms with Crippen LogP contribution >= 0.6 is 0 Å². The highest BCUT2D eigenvalue weighted by Crippen LogP contribution is 2.31. The second-order valence-electron chi connectivity index (χ2n) is 6.30. The zero-order valence-electron chi connectivity index (χ0n) is 15.9. The van der Waals surface area contributed by atoms with Gasteiger partial charge in [-0.1, -0.05) is 29.9 Å². The number of allylic oxidation sites excluding steroid dienone is 2. The van der Waals surface area contributed by atoms with Crippen LogP contribution in [0.3, 0.4) is 0 Å². The van der Waals surface area contributed by atoms with E-state index < -0.39 is 5.97 Å². The third-order valence-corrected chi connectivity index (χ3v) is 4.07. The molecule has 0 radical (unpaired) electrons. The number of carboxylic acids is 1. The Morgan fingerprint density at radius 2 is 1.74 bits per heavy atom. The predicted octanol–water partition coefficient (Wildman–Crippen LogP) is 4.79. The summed E-state index contributed by atoms with van der Waals surface area (Å²) in [5.74, 6) is -0.00998. The number of ether oxygens (including phenoxy) is 2. The van der Waals surface area contributed by atoms with Crippen molar-refractivity contribution >= 4 is 18.1 Å². The number of hydrogen-bond donors (Lipinski definition) is 2. The summed E-state index contributed by atoms with van der Waals surface area (Å²) in [5.41, 5.74) is 3.87. The van der Waals surface area contributed by atoms with Crippen LogP contribution in [0.1, 0.15) is 40.9 Å². The molecule has 2 aromatic rings. The van der Waals surface area contributed by atoms with E-state index >= 15 is 0 Å². The Labute approximate surface area is 159 Å². The van der Waals surface area contributed by atoms with Crippen LogP contribution in [0.15, 0.2) is 42.0 Å². The minimum Gasteiger partial charge on any atom is -0.508 e. The van der Waals surface area contributed by atoms with Crippen molar-refractivity contribution in [1.82, 2.24) is 0 Å². The monoisotopic (exact) mass is 368 g/mol. The number of aromatic carboxylic acids is 1. The molecule has 0 fully saturated rings. The maximum atomic E-state index is 11.2. The standard InChI is InChI=1S/C22H24O5/c1-14(2)5-9-18-16(12-17(23)13-21(18)27-4)8-6-15-7-10-19(22(24)25)20(11-15)26-3/h5-8,10-13,23H,9H2,1-4H3,(H,24,25). The van der Waals surface area contributed by atoms with Gasteiger partial charge in [0.2, 0.25) is 0 Å². The maximum Gasteiger partial charge on any atom is 0.339 e. The average molecular weight is 368 g/mol. The van der Waals surface area contributed by atoms with E-state index in [4.69, 9.17) is 9.47 Å². The summed E-state index contributed by atoms with van der Waals surface area (Å²) in [5, 5.41) is 19.2. The molecular formula is C22H24O5. The third kappa shape index (κ3) is 5.14. The smallest absolute Gasteiger partial charge is 0.339 e. The zero-order valence-corrected chi connectivity index (χ0v) is 15.9. The van der Waals surface area contributed by atoms with E-state index in [1.54, 1.807) is 31.4 Å². The molecule has 5 nitrogen and oxygen atoms in total. The summed E-state index contributed by atoms with van der Waals surface area (Å²) in [4.78, 5) is 11.2. The van der Waals surface area contributed by atoms with Gasteiger partial charge in [0, 0.05) is 11.6 Å². The lowest BCUT2D eigenvalue weighted by molar-refractivity contribution is 0.0693. The SMILES string of the molecule is COc1cc(C=Cc2cc(O)cc(OC)c2CC=C(C)C)ccc1C(=O)O. The molecule has 2 aromatic carbocycles. The predicted molar refractivity (Wildman–Crippen MR) is 107 cm³/mol. The Hall–Kier alpha value is -3.21. The van der Waals surface area contributed by atoms with Crippen molar-refractivity contribution in [3.8, 4) is 17.2 Å². The lowest BCUT2D eigenvalue weighted by Gasteiger charge is -2.12. The molecule has 0 aliphatic carbocycles. The van der Waals surface area contributed by atoms with E-state index in [0.29, 0.717) is 17.9 Å². The fourth-order valence-corrected chi connectivity index (χ4v) is 2.68. The molecule has 0 atom stereocenters. The van der Waals surface area contributed by atoms with E-state index in [1.165, 1.54) is 18.7 Å². The van der Waals surface area contributed by atoms with Crippen molar-refractivity contribution in [1.29, 1.82) is 0 Å². The Morgan fingerprint density at radius 1 is 1.04 bits per heavy atom. The van der Waals surface area contributed by atoms with Crippen molar-refractivity contribution in [2.24, 2.45) is 0 Å². The molecule has 0 saturated heterocycles. The van der Waals surface area contributed by atoms with E-state index in [0.717, 1.165) is 16.7 Å². The molecule has 5 heteroatoms. The van der Waals surface area contributed by atoms with Gasteiger partial charge >= 0.3 is 5.97 Å². The van der Waals surface area contributed by atoms with Crippen LogP contribution in [0.4, 0.5) is 0 Å². The molecule has 2 N–H and O–H groups in total. The number of benzene rings is 2. The van der Waals surface area contributed by atoms with E-state index in [-0.39, 0.29) is 11.3 Å².